The van der Waals surface area contributed by atoms with Crippen molar-refractivity contribution in [1.82, 2.24) is 9.88 Å². The Bertz CT molecular complexity index is 391. The number of hydrogen-bond donors (Lipinski definition) is 1. The number of nitrogens with one attached hydrogen (secondary N) is 1. The van der Waals surface area contributed by atoms with Crippen molar-refractivity contribution in [3.63, 3.8) is 0 Å². The van der Waals surface area contributed by atoms with Gasteiger partial charge in [-0.2, -0.15) is 0 Å². The van der Waals surface area contributed by atoms with E-state index in [1.54, 1.807) is 4.57 Å². The van der Waals surface area contributed by atoms with Crippen LogP contribution in [0, 0.1) is 0 Å². The zero-order chi connectivity index (χ0) is 10.8. The van der Waals surface area contributed by atoms with Crippen molar-refractivity contribution < 1.29 is 0 Å². The summed E-state index contributed by atoms with van der Waals surface area (Å²) in [6.45, 7) is 4.76. The molecule has 0 bridgehead atoms. The van der Waals surface area contributed by atoms with E-state index < -0.39 is 0 Å². The van der Waals surface area contributed by atoms with Crippen LogP contribution in [-0.2, 0) is 6.54 Å². The lowest BCUT2D eigenvalue weighted by Gasteiger charge is -2.11. The zero-order valence-corrected chi connectivity index (χ0v) is 9.36. The molecule has 1 aromatic heterocycles. The van der Waals surface area contributed by atoms with Gasteiger partial charge in [-0.25, -0.2) is 0 Å². The Morgan fingerprint density at radius 3 is 2.87 bits per heavy atom. The molecule has 0 aromatic carbocycles. The van der Waals surface area contributed by atoms with Crippen molar-refractivity contribution in [2.45, 2.75) is 45.3 Å². The van der Waals surface area contributed by atoms with Crippen LogP contribution in [0.15, 0.2) is 23.1 Å². The average Bonchev–Trinajstić information content (AvgIpc) is 2.99. The number of aromatic nitrogens is 1. The molecule has 1 aliphatic carbocycles. The highest BCUT2D eigenvalue weighted by Gasteiger charge is 2.20. The Morgan fingerprint density at radius 2 is 2.27 bits per heavy atom. The lowest BCUT2D eigenvalue weighted by molar-refractivity contribution is 0.566. The molecule has 0 spiro atoms. The van der Waals surface area contributed by atoms with E-state index in [2.05, 4.69) is 5.32 Å². The lowest BCUT2D eigenvalue weighted by atomic mass is 10.2. The van der Waals surface area contributed by atoms with Gasteiger partial charge in [-0.1, -0.05) is 6.07 Å². The molecule has 0 atom stereocenters. The highest BCUT2D eigenvalue weighted by atomic mass is 16.1. The first kappa shape index (κ1) is 10.4. The Labute approximate surface area is 90.1 Å². The molecule has 82 valence electrons. The van der Waals surface area contributed by atoms with Crippen LogP contribution in [0.5, 0.6) is 0 Å². The van der Waals surface area contributed by atoms with E-state index in [9.17, 15) is 4.79 Å². The predicted octanol–water partition coefficient (Wildman–Crippen LogP) is 1.68. The van der Waals surface area contributed by atoms with E-state index in [0.29, 0.717) is 12.6 Å². The molecule has 1 aromatic rings. The largest absolute Gasteiger partial charge is 0.313 e. The van der Waals surface area contributed by atoms with Crippen molar-refractivity contribution in [3.05, 3.63) is 34.2 Å². The second kappa shape index (κ2) is 4.19. The zero-order valence-electron chi connectivity index (χ0n) is 9.36. The quantitative estimate of drug-likeness (QED) is 0.813. The predicted molar refractivity (Wildman–Crippen MR) is 60.9 cm³/mol. The smallest absolute Gasteiger partial charge is 0.255 e. The lowest BCUT2D eigenvalue weighted by Crippen LogP contribution is -2.28. The molecular formula is C12H18N2O. The summed E-state index contributed by atoms with van der Waals surface area (Å²) in [6, 6.07) is 4.75. The minimum Gasteiger partial charge on any atom is -0.313 e. The van der Waals surface area contributed by atoms with Crippen LogP contribution in [0.3, 0.4) is 0 Å². The molecule has 2 rings (SSSR count). The Balaban J connectivity index is 2.15. The SMILES string of the molecule is CC(C)n1cccc(CNC2CC2)c1=O. The minimum atomic E-state index is 0.139. The molecule has 1 heterocycles. The van der Waals surface area contributed by atoms with Crippen molar-refractivity contribution >= 4 is 0 Å². The van der Waals surface area contributed by atoms with Gasteiger partial charge in [-0.3, -0.25) is 4.79 Å². The molecule has 3 nitrogen and oxygen atoms in total. The molecule has 1 N–H and O–H groups in total. The molecule has 0 aliphatic heterocycles. The Kier molecular flexibility index (Phi) is 2.91. The van der Waals surface area contributed by atoms with Gasteiger partial charge in [0.05, 0.1) is 0 Å². The first-order valence-electron chi connectivity index (χ1n) is 5.62. The fourth-order valence-corrected chi connectivity index (χ4v) is 1.64. The van der Waals surface area contributed by atoms with E-state index >= 15 is 0 Å². The normalized spacial score (nSPS) is 15.9. The maximum Gasteiger partial charge on any atom is 0.255 e. The van der Waals surface area contributed by atoms with Gasteiger partial charge in [0.15, 0.2) is 0 Å². The van der Waals surface area contributed by atoms with Crippen molar-refractivity contribution in [3.8, 4) is 0 Å². The minimum absolute atomic E-state index is 0.139. The number of rotatable bonds is 4. The van der Waals surface area contributed by atoms with E-state index in [1.807, 2.05) is 32.2 Å². The summed E-state index contributed by atoms with van der Waals surface area (Å²) in [4.78, 5) is 12.0. The van der Waals surface area contributed by atoms with Crippen LogP contribution in [-0.4, -0.2) is 10.6 Å². The summed E-state index contributed by atoms with van der Waals surface area (Å²) >= 11 is 0. The van der Waals surface area contributed by atoms with Gasteiger partial charge in [-0.15, -0.1) is 0 Å². The van der Waals surface area contributed by atoms with Gasteiger partial charge in [-0.05, 0) is 32.8 Å². The van der Waals surface area contributed by atoms with E-state index in [1.165, 1.54) is 12.8 Å². The maximum atomic E-state index is 12.0. The Morgan fingerprint density at radius 1 is 1.53 bits per heavy atom. The molecule has 1 aliphatic rings. The molecule has 1 saturated carbocycles. The average molecular weight is 206 g/mol. The van der Waals surface area contributed by atoms with Crippen molar-refractivity contribution in [2.75, 3.05) is 0 Å². The second-order valence-corrected chi connectivity index (χ2v) is 4.49. The summed E-state index contributed by atoms with van der Waals surface area (Å²) in [5, 5.41) is 3.37. The first-order valence-corrected chi connectivity index (χ1v) is 5.62. The molecule has 0 amide bonds. The Hall–Kier alpha value is -1.09. The fraction of sp³-hybridized carbons (Fsp3) is 0.583. The van der Waals surface area contributed by atoms with E-state index in [0.717, 1.165) is 5.56 Å². The van der Waals surface area contributed by atoms with Crippen molar-refractivity contribution in [2.24, 2.45) is 0 Å². The number of nitrogens with zero attached hydrogens (tertiary/aromatic N) is 1. The molecule has 0 saturated heterocycles. The summed E-state index contributed by atoms with van der Waals surface area (Å²) in [5.74, 6) is 0. The molecular weight excluding hydrogens is 188 g/mol. The number of pyridine rings is 1. The first-order chi connectivity index (χ1) is 7.18. The second-order valence-electron chi connectivity index (χ2n) is 4.49. The van der Waals surface area contributed by atoms with Gasteiger partial charge >= 0.3 is 0 Å². The van der Waals surface area contributed by atoms with Gasteiger partial charge in [0.25, 0.3) is 5.56 Å². The van der Waals surface area contributed by atoms with Gasteiger partial charge in [0.1, 0.15) is 0 Å². The summed E-state index contributed by atoms with van der Waals surface area (Å²) in [5.41, 5.74) is 1.01. The number of hydrogen-bond acceptors (Lipinski definition) is 2. The summed E-state index contributed by atoms with van der Waals surface area (Å²) in [7, 11) is 0. The molecule has 1 fully saturated rings. The van der Waals surface area contributed by atoms with E-state index in [4.69, 9.17) is 0 Å². The third kappa shape index (κ3) is 2.48. The summed E-state index contributed by atoms with van der Waals surface area (Å²) < 4.78 is 1.78. The topological polar surface area (TPSA) is 34.0 Å². The molecule has 3 heteroatoms. The van der Waals surface area contributed by atoms with Crippen molar-refractivity contribution in [1.29, 1.82) is 0 Å². The highest BCUT2D eigenvalue weighted by Crippen LogP contribution is 2.18. The van der Waals surface area contributed by atoms with Crippen LogP contribution in [0.1, 0.15) is 38.3 Å². The standard InChI is InChI=1S/C12H18N2O/c1-9(2)14-7-3-4-10(12(14)15)8-13-11-5-6-11/h3-4,7,9,11,13H,5-6,8H2,1-2H3. The summed E-state index contributed by atoms with van der Waals surface area (Å²) in [6.07, 6.45) is 4.37. The monoisotopic (exact) mass is 206 g/mol. The van der Waals surface area contributed by atoms with Gasteiger partial charge in [0.2, 0.25) is 0 Å². The molecule has 15 heavy (non-hydrogen) atoms. The maximum absolute atomic E-state index is 12.0. The van der Waals surface area contributed by atoms with Crippen LogP contribution in [0.25, 0.3) is 0 Å². The molecule has 0 unspecified atom stereocenters. The van der Waals surface area contributed by atoms with E-state index in [-0.39, 0.29) is 11.6 Å². The third-order valence-electron chi connectivity index (χ3n) is 2.77. The highest BCUT2D eigenvalue weighted by molar-refractivity contribution is 5.11. The van der Waals surface area contributed by atoms with Crippen LogP contribution in [0.4, 0.5) is 0 Å². The third-order valence-corrected chi connectivity index (χ3v) is 2.77. The van der Waals surface area contributed by atoms with Crippen LogP contribution in [0.2, 0.25) is 0 Å². The molecule has 0 radical (unpaired) electrons. The van der Waals surface area contributed by atoms with Gasteiger partial charge < -0.3 is 9.88 Å². The van der Waals surface area contributed by atoms with Crippen LogP contribution < -0.4 is 10.9 Å². The van der Waals surface area contributed by atoms with Gasteiger partial charge in [0, 0.05) is 30.4 Å². The fourth-order valence-electron chi connectivity index (χ4n) is 1.64. The van der Waals surface area contributed by atoms with Crippen LogP contribution >= 0.6 is 0 Å².